The lowest BCUT2D eigenvalue weighted by Crippen LogP contribution is -2.33. The Bertz CT molecular complexity index is 386. The molecule has 0 bridgehead atoms. The first kappa shape index (κ1) is 12.3. The van der Waals surface area contributed by atoms with Crippen LogP contribution in [0, 0.1) is 19.3 Å². The Morgan fingerprint density at radius 1 is 1.29 bits per heavy atom. The maximum atomic E-state index is 5.40. The largest absolute Gasteiger partial charge is 0.381 e. The molecule has 0 unspecified atom stereocenters. The lowest BCUT2D eigenvalue weighted by atomic mass is 9.82. The number of aryl methyl sites for hydroxylation is 2. The molecular formula is C13H21N3O. The van der Waals surface area contributed by atoms with Crippen molar-refractivity contribution < 1.29 is 4.74 Å². The summed E-state index contributed by atoms with van der Waals surface area (Å²) in [6.07, 6.45) is 4.03. The summed E-state index contributed by atoms with van der Waals surface area (Å²) in [4.78, 5) is 8.80. The molecule has 0 aliphatic carbocycles. The second-order valence-electron chi connectivity index (χ2n) is 5.20. The van der Waals surface area contributed by atoms with Crippen LogP contribution in [0.2, 0.25) is 0 Å². The normalized spacial score (nSPS) is 19.0. The van der Waals surface area contributed by atoms with Crippen molar-refractivity contribution in [3.05, 3.63) is 17.6 Å². The van der Waals surface area contributed by atoms with Gasteiger partial charge in [-0.15, -0.1) is 0 Å². The number of ether oxygens (including phenoxy) is 1. The van der Waals surface area contributed by atoms with Crippen LogP contribution < -0.4 is 5.32 Å². The second kappa shape index (κ2) is 5.00. The van der Waals surface area contributed by atoms with Gasteiger partial charge in [0.2, 0.25) is 0 Å². The fourth-order valence-corrected chi connectivity index (χ4v) is 1.97. The Morgan fingerprint density at radius 3 is 2.65 bits per heavy atom. The van der Waals surface area contributed by atoms with Crippen LogP contribution in [-0.4, -0.2) is 29.7 Å². The van der Waals surface area contributed by atoms with Gasteiger partial charge in [-0.1, -0.05) is 6.92 Å². The van der Waals surface area contributed by atoms with Gasteiger partial charge in [-0.2, -0.15) is 0 Å². The van der Waals surface area contributed by atoms with E-state index in [0.717, 1.165) is 49.8 Å². The van der Waals surface area contributed by atoms with Gasteiger partial charge in [0.15, 0.2) is 0 Å². The predicted octanol–water partition coefficient (Wildman–Crippen LogP) is 2.32. The minimum Gasteiger partial charge on any atom is -0.381 e. The number of rotatable bonds is 3. The van der Waals surface area contributed by atoms with Gasteiger partial charge in [-0.3, -0.25) is 4.98 Å². The van der Waals surface area contributed by atoms with E-state index < -0.39 is 0 Å². The van der Waals surface area contributed by atoms with Crippen molar-refractivity contribution >= 4 is 5.82 Å². The van der Waals surface area contributed by atoms with E-state index in [4.69, 9.17) is 4.74 Å². The average Bonchev–Trinajstić information content (AvgIpc) is 2.32. The number of aromatic nitrogens is 2. The first-order chi connectivity index (χ1) is 8.09. The number of hydrogen-bond acceptors (Lipinski definition) is 4. The highest BCUT2D eigenvalue weighted by molar-refractivity contribution is 5.33. The van der Waals surface area contributed by atoms with Gasteiger partial charge in [0.1, 0.15) is 5.82 Å². The summed E-state index contributed by atoms with van der Waals surface area (Å²) < 4.78 is 5.40. The van der Waals surface area contributed by atoms with Crippen LogP contribution in [0.1, 0.15) is 31.2 Å². The Balaban J connectivity index is 1.94. The van der Waals surface area contributed by atoms with Crippen LogP contribution >= 0.6 is 0 Å². The third-order valence-electron chi connectivity index (χ3n) is 3.59. The summed E-state index contributed by atoms with van der Waals surface area (Å²) in [5, 5.41) is 3.39. The molecule has 0 radical (unpaired) electrons. The fraction of sp³-hybridized carbons (Fsp3) is 0.692. The van der Waals surface area contributed by atoms with E-state index in [1.54, 1.807) is 0 Å². The maximum Gasteiger partial charge on any atom is 0.144 e. The Hall–Kier alpha value is -1.16. The fourth-order valence-electron chi connectivity index (χ4n) is 1.97. The molecule has 1 aliphatic heterocycles. The van der Waals surface area contributed by atoms with Crippen molar-refractivity contribution in [2.45, 2.75) is 33.6 Å². The minimum absolute atomic E-state index is 0.318. The molecule has 1 aliphatic rings. The SMILES string of the molecule is Cc1ncc(NCC2(C)CCOCC2)nc1C. The molecular weight excluding hydrogens is 214 g/mol. The van der Waals surface area contributed by atoms with E-state index in [0.29, 0.717) is 5.41 Å². The molecule has 17 heavy (non-hydrogen) atoms. The van der Waals surface area contributed by atoms with Crippen LogP contribution in [-0.2, 0) is 4.74 Å². The van der Waals surface area contributed by atoms with Crippen LogP contribution in [0.15, 0.2) is 6.20 Å². The standard InChI is InChI=1S/C13H21N3O/c1-10-11(2)16-12(8-14-10)15-9-13(3)4-6-17-7-5-13/h8H,4-7,9H2,1-3H3,(H,15,16). The molecule has 4 nitrogen and oxygen atoms in total. The van der Waals surface area contributed by atoms with Gasteiger partial charge in [0.25, 0.3) is 0 Å². The smallest absolute Gasteiger partial charge is 0.144 e. The molecule has 1 fully saturated rings. The van der Waals surface area contributed by atoms with Gasteiger partial charge >= 0.3 is 0 Å². The molecule has 2 rings (SSSR count). The van der Waals surface area contributed by atoms with E-state index in [-0.39, 0.29) is 0 Å². The highest BCUT2D eigenvalue weighted by atomic mass is 16.5. The molecule has 0 atom stereocenters. The molecule has 4 heteroatoms. The highest BCUT2D eigenvalue weighted by Gasteiger charge is 2.27. The zero-order valence-corrected chi connectivity index (χ0v) is 10.9. The Kier molecular flexibility index (Phi) is 3.62. The summed E-state index contributed by atoms with van der Waals surface area (Å²) in [6.45, 7) is 8.95. The van der Waals surface area contributed by atoms with Gasteiger partial charge in [0.05, 0.1) is 17.6 Å². The van der Waals surface area contributed by atoms with E-state index in [2.05, 4.69) is 22.2 Å². The zero-order valence-electron chi connectivity index (χ0n) is 10.9. The zero-order chi connectivity index (χ0) is 12.3. The molecule has 1 N–H and O–H groups in total. The van der Waals surface area contributed by atoms with Gasteiger partial charge in [0, 0.05) is 19.8 Å². The Morgan fingerprint density at radius 2 is 2.00 bits per heavy atom. The van der Waals surface area contributed by atoms with E-state index >= 15 is 0 Å². The number of hydrogen-bond donors (Lipinski definition) is 1. The number of nitrogens with zero attached hydrogens (tertiary/aromatic N) is 2. The topological polar surface area (TPSA) is 47.0 Å². The summed E-state index contributed by atoms with van der Waals surface area (Å²) >= 11 is 0. The van der Waals surface area contributed by atoms with Crippen LogP contribution in [0.5, 0.6) is 0 Å². The molecule has 94 valence electrons. The van der Waals surface area contributed by atoms with Crippen molar-refractivity contribution in [1.29, 1.82) is 0 Å². The van der Waals surface area contributed by atoms with Crippen molar-refractivity contribution in [3.8, 4) is 0 Å². The van der Waals surface area contributed by atoms with Crippen molar-refractivity contribution in [3.63, 3.8) is 0 Å². The van der Waals surface area contributed by atoms with E-state index in [1.165, 1.54) is 0 Å². The van der Waals surface area contributed by atoms with Gasteiger partial charge in [-0.05, 0) is 32.1 Å². The molecule has 1 aromatic rings. The first-order valence-electron chi connectivity index (χ1n) is 6.21. The molecule has 0 spiro atoms. The third kappa shape index (κ3) is 3.16. The number of anilines is 1. The predicted molar refractivity (Wildman–Crippen MR) is 68.2 cm³/mol. The Labute approximate surface area is 103 Å². The monoisotopic (exact) mass is 235 g/mol. The summed E-state index contributed by atoms with van der Waals surface area (Å²) in [7, 11) is 0. The lowest BCUT2D eigenvalue weighted by Gasteiger charge is -2.33. The average molecular weight is 235 g/mol. The first-order valence-corrected chi connectivity index (χ1v) is 6.21. The maximum absolute atomic E-state index is 5.40. The van der Waals surface area contributed by atoms with E-state index in [1.807, 2.05) is 20.0 Å². The third-order valence-corrected chi connectivity index (χ3v) is 3.59. The molecule has 2 heterocycles. The van der Waals surface area contributed by atoms with E-state index in [9.17, 15) is 0 Å². The summed E-state index contributed by atoms with van der Waals surface area (Å²) in [5.74, 6) is 0.876. The van der Waals surface area contributed by atoms with Crippen LogP contribution in [0.25, 0.3) is 0 Å². The van der Waals surface area contributed by atoms with Crippen molar-refractivity contribution in [2.24, 2.45) is 5.41 Å². The van der Waals surface area contributed by atoms with Crippen molar-refractivity contribution in [2.75, 3.05) is 25.1 Å². The molecule has 0 amide bonds. The highest BCUT2D eigenvalue weighted by Crippen LogP contribution is 2.29. The molecule has 0 aromatic carbocycles. The van der Waals surface area contributed by atoms with Gasteiger partial charge < -0.3 is 10.1 Å². The summed E-state index contributed by atoms with van der Waals surface area (Å²) in [5.41, 5.74) is 2.30. The quantitative estimate of drug-likeness (QED) is 0.873. The molecule has 1 saturated heterocycles. The second-order valence-corrected chi connectivity index (χ2v) is 5.20. The van der Waals surface area contributed by atoms with Crippen molar-refractivity contribution in [1.82, 2.24) is 9.97 Å². The molecule has 0 saturated carbocycles. The van der Waals surface area contributed by atoms with Gasteiger partial charge in [-0.25, -0.2) is 4.98 Å². The minimum atomic E-state index is 0.318. The van der Waals surface area contributed by atoms with Crippen LogP contribution in [0.3, 0.4) is 0 Å². The summed E-state index contributed by atoms with van der Waals surface area (Å²) in [6, 6.07) is 0. The van der Waals surface area contributed by atoms with Crippen LogP contribution in [0.4, 0.5) is 5.82 Å². The molecule has 1 aromatic heterocycles. The number of nitrogens with one attached hydrogen (secondary N) is 1. The lowest BCUT2D eigenvalue weighted by molar-refractivity contribution is 0.0299.